The third-order valence-electron chi connectivity index (χ3n) is 2.49. The molecule has 0 aliphatic heterocycles. The number of aromatic nitrogens is 1. The summed E-state index contributed by atoms with van der Waals surface area (Å²) in [5.41, 5.74) is 0.799. The lowest BCUT2D eigenvalue weighted by Crippen LogP contribution is -2.12. The van der Waals surface area contributed by atoms with Crippen LogP contribution in [-0.4, -0.2) is 24.5 Å². The summed E-state index contributed by atoms with van der Waals surface area (Å²) >= 11 is 5.12. The van der Waals surface area contributed by atoms with Crippen LogP contribution in [0.4, 0.5) is 5.13 Å². The van der Waals surface area contributed by atoms with E-state index in [0.29, 0.717) is 0 Å². The highest BCUT2D eigenvalue weighted by molar-refractivity contribution is 9.11. The first-order chi connectivity index (χ1) is 9.70. The number of sulfonamides is 1. The van der Waals surface area contributed by atoms with Gasteiger partial charge < -0.3 is 5.11 Å². The number of nitrogens with one attached hydrogen (secondary N) is 1. The van der Waals surface area contributed by atoms with Gasteiger partial charge in [-0.15, -0.1) is 22.7 Å². The Bertz CT molecular complexity index is 779. The molecule has 0 saturated carbocycles. The maximum absolute atomic E-state index is 12.3. The summed E-state index contributed by atoms with van der Waals surface area (Å²) in [7, 11) is -3.87. The van der Waals surface area contributed by atoms with Gasteiger partial charge in [0.15, 0.2) is 5.13 Å². The maximum atomic E-state index is 12.3. The lowest BCUT2D eigenvalue weighted by atomic mass is 10.2. The van der Waals surface area contributed by atoms with E-state index >= 15 is 0 Å². The van der Waals surface area contributed by atoms with Gasteiger partial charge in [-0.2, -0.15) is 0 Å². The van der Waals surface area contributed by atoms with Gasteiger partial charge in [0.05, 0.1) is 9.48 Å². The van der Waals surface area contributed by atoms with E-state index in [1.807, 2.05) is 13.8 Å². The molecule has 10 heteroatoms. The Morgan fingerprint density at radius 2 is 2.14 bits per heavy atom. The number of carbonyl (C=O) groups is 1. The molecular formula is C11H11BrN2O4S3. The molecule has 0 amide bonds. The largest absolute Gasteiger partial charge is 0.477 e. The molecule has 0 unspecified atom stereocenters. The number of halogens is 1. The molecular weight excluding hydrogens is 400 g/mol. The second-order valence-corrected chi connectivity index (χ2v) is 9.27. The molecule has 21 heavy (non-hydrogen) atoms. The van der Waals surface area contributed by atoms with Crippen molar-refractivity contribution in [3.05, 3.63) is 25.8 Å². The molecule has 0 radical (unpaired) electrons. The molecule has 0 saturated heterocycles. The van der Waals surface area contributed by atoms with Gasteiger partial charge >= 0.3 is 5.97 Å². The minimum absolute atomic E-state index is 0.0516. The molecule has 6 nitrogen and oxygen atoms in total. The van der Waals surface area contributed by atoms with Crippen molar-refractivity contribution >= 4 is 59.7 Å². The van der Waals surface area contributed by atoms with Crippen molar-refractivity contribution in [3.8, 4) is 0 Å². The van der Waals surface area contributed by atoms with Gasteiger partial charge in [0.25, 0.3) is 10.0 Å². The molecule has 2 aromatic heterocycles. The minimum Gasteiger partial charge on any atom is -0.477 e. The second-order valence-electron chi connectivity index (χ2n) is 4.39. The Morgan fingerprint density at radius 1 is 1.48 bits per heavy atom. The highest BCUT2D eigenvalue weighted by Crippen LogP contribution is 2.33. The zero-order valence-corrected chi connectivity index (χ0v) is 15.0. The van der Waals surface area contributed by atoms with Crippen LogP contribution in [0.3, 0.4) is 0 Å². The van der Waals surface area contributed by atoms with Crippen LogP contribution in [0.5, 0.6) is 0 Å². The van der Waals surface area contributed by atoms with Gasteiger partial charge in [0.1, 0.15) is 9.77 Å². The summed E-state index contributed by atoms with van der Waals surface area (Å²) < 4.78 is 27.2. The van der Waals surface area contributed by atoms with E-state index in [0.717, 1.165) is 23.1 Å². The summed E-state index contributed by atoms with van der Waals surface area (Å²) in [6.45, 7) is 3.92. The van der Waals surface area contributed by atoms with Crippen molar-refractivity contribution < 1.29 is 18.3 Å². The molecule has 0 aliphatic carbocycles. The van der Waals surface area contributed by atoms with Crippen molar-refractivity contribution in [1.29, 1.82) is 0 Å². The lowest BCUT2D eigenvalue weighted by molar-refractivity contribution is 0.0702. The number of carboxylic acid groups (broad SMARTS) is 1. The highest BCUT2D eigenvalue weighted by Gasteiger charge is 2.24. The fraction of sp³-hybridized carbons (Fsp3) is 0.273. The number of thiophene rings is 1. The average molecular weight is 411 g/mol. The van der Waals surface area contributed by atoms with Gasteiger partial charge in [-0.1, -0.05) is 13.8 Å². The van der Waals surface area contributed by atoms with Crippen LogP contribution in [0.2, 0.25) is 0 Å². The highest BCUT2D eigenvalue weighted by atomic mass is 79.9. The predicted molar refractivity (Wildman–Crippen MR) is 86.0 cm³/mol. The number of carboxylic acids is 1. The molecule has 2 heterocycles. The molecule has 0 bridgehead atoms. The molecule has 2 N–H and O–H groups in total. The Hall–Kier alpha value is -0.970. The normalized spacial score (nSPS) is 11.8. The van der Waals surface area contributed by atoms with Gasteiger partial charge in [-0.25, -0.2) is 18.2 Å². The van der Waals surface area contributed by atoms with Crippen LogP contribution >= 0.6 is 38.6 Å². The fourth-order valence-corrected chi connectivity index (χ4v) is 5.94. The summed E-state index contributed by atoms with van der Waals surface area (Å²) in [6, 6.07) is 1.12. The second kappa shape index (κ2) is 6.03. The standard InChI is InChI=1S/C11H11BrN2O4S3/c1-5(2)6-4-19-11(13-6)14-21(17,18)8-3-7(10(15)16)20-9(8)12/h3-5H,1-2H3,(H,13,14)(H,15,16). The minimum atomic E-state index is -3.87. The maximum Gasteiger partial charge on any atom is 0.345 e. The van der Waals surface area contributed by atoms with E-state index in [1.54, 1.807) is 5.38 Å². The molecule has 0 aliphatic rings. The van der Waals surface area contributed by atoms with Crippen molar-refractivity contribution in [2.24, 2.45) is 0 Å². The molecule has 2 aromatic rings. The average Bonchev–Trinajstić information content (AvgIpc) is 2.95. The molecule has 2 rings (SSSR count). The predicted octanol–water partition coefficient (Wildman–Crippen LogP) is 3.59. The van der Waals surface area contributed by atoms with Crippen LogP contribution in [0.25, 0.3) is 0 Å². The quantitative estimate of drug-likeness (QED) is 0.784. The summed E-state index contributed by atoms with van der Waals surface area (Å²) in [5, 5.41) is 11.0. The van der Waals surface area contributed by atoms with Crippen LogP contribution in [0, 0.1) is 0 Å². The van der Waals surface area contributed by atoms with Crippen LogP contribution in [0.1, 0.15) is 35.1 Å². The van der Waals surface area contributed by atoms with Crippen LogP contribution in [0.15, 0.2) is 20.1 Å². The van der Waals surface area contributed by atoms with Crippen molar-refractivity contribution in [2.75, 3.05) is 4.72 Å². The van der Waals surface area contributed by atoms with E-state index in [4.69, 9.17) is 5.11 Å². The first-order valence-corrected chi connectivity index (χ1v) is 9.69. The topological polar surface area (TPSA) is 96.4 Å². The lowest BCUT2D eigenvalue weighted by Gasteiger charge is -2.03. The zero-order chi connectivity index (χ0) is 15.8. The Morgan fingerprint density at radius 3 is 2.62 bits per heavy atom. The monoisotopic (exact) mass is 410 g/mol. The third kappa shape index (κ3) is 3.62. The number of thiazole rings is 1. The van der Waals surface area contributed by atoms with E-state index in [-0.39, 0.29) is 24.6 Å². The number of aromatic carboxylic acids is 1. The molecule has 0 aromatic carbocycles. The fourth-order valence-electron chi connectivity index (χ4n) is 1.41. The van der Waals surface area contributed by atoms with Crippen molar-refractivity contribution in [2.45, 2.75) is 24.7 Å². The molecule has 114 valence electrons. The number of hydrogen-bond donors (Lipinski definition) is 2. The summed E-state index contributed by atoms with van der Waals surface area (Å²) in [5.74, 6) is -0.968. The first-order valence-electron chi connectivity index (χ1n) is 5.71. The Kier molecular flexibility index (Phi) is 4.71. The van der Waals surface area contributed by atoms with Gasteiger partial charge in [0, 0.05) is 5.38 Å². The molecule has 0 fully saturated rings. The van der Waals surface area contributed by atoms with Crippen molar-refractivity contribution in [3.63, 3.8) is 0 Å². The Balaban J connectivity index is 2.31. The number of hydrogen-bond acceptors (Lipinski definition) is 6. The number of nitrogens with zero attached hydrogens (tertiary/aromatic N) is 1. The number of anilines is 1. The summed E-state index contributed by atoms with van der Waals surface area (Å²) in [6.07, 6.45) is 0. The first kappa shape index (κ1) is 16.4. The van der Waals surface area contributed by atoms with Gasteiger partial charge in [0.2, 0.25) is 0 Å². The van der Waals surface area contributed by atoms with Gasteiger partial charge in [-0.3, -0.25) is 4.72 Å². The smallest absolute Gasteiger partial charge is 0.345 e. The van der Waals surface area contributed by atoms with Gasteiger partial charge in [-0.05, 0) is 27.9 Å². The zero-order valence-electron chi connectivity index (χ0n) is 11.0. The van der Waals surface area contributed by atoms with Crippen molar-refractivity contribution in [1.82, 2.24) is 4.98 Å². The van der Waals surface area contributed by atoms with Crippen LogP contribution in [-0.2, 0) is 10.0 Å². The van der Waals surface area contributed by atoms with E-state index in [2.05, 4.69) is 25.6 Å². The SMILES string of the molecule is CC(C)c1csc(NS(=O)(=O)c2cc(C(=O)O)sc2Br)n1. The summed E-state index contributed by atoms with van der Waals surface area (Å²) in [4.78, 5) is 14.9. The van der Waals surface area contributed by atoms with E-state index < -0.39 is 16.0 Å². The van der Waals surface area contributed by atoms with E-state index in [9.17, 15) is 13.2 Å². The third-order valence-corrected chi connectivity index (χ3v) is 6.98. The number of rotatable bonds is 5. The molecule has 0 spiro atoms. The Labute approximate surface area is 138 Å². The van der Waals surface area contributed by atoms with Crippen LogP contribution < -0.4 is 4.72 Å². The van der Waals surface area contributed by atoms with E-state index in [1.165, 1.54) is 11.3 Å². The molecule has 0 atom stereocenters.